The summed E-state index contributed by atoms with van der Waals surface area (Å²) in [7, 11) is 2.95. The largest absolute Gasteiger partial charge is 0.389 e. The van der Waals surface area contributed by atoms with E-state index in [2.05, 4.69) is 35.3 Å². The van der Waals surface area contributed by atoms with Crippen LogP contribution in [0.2, 0.25) is 25.7 Å². The Labute approximate surface area is 289 Å². The van der Waals surface area contributed by atoms with Crippen LogP contribution < -0.4 is 16.2 Å². The number of nitrogens with one attached hydrogen (secondary N) is 2. The van der Waals surface area contributed by atoms with Gasteiger partial charge in [-0.05, 0) is 49.6 Å². The molecule has 0 fully saturated rings. The van der Waals surface area contributed by atoms with Crippen molar-refractivity contribution in [2.45, 2.75) is 83.3 Å². The summed E-state index contributed by atoms with van der Waals surface area (Å²) in [6, 6.07) is 4.30. The number of halogens is 4. The molecule has 0 aliphatic rings. The van der Waals surface area contributed by atoms with Crippen molar-refractivity contribution in [3.8, 4) is 0 Å². The molecule has 2 amide bonds. The lowest BCUT2D eigenvalue weighted by Gasteiger charge is -2.21. The van der Waals surface area contributed by atoms with Crippen LogP contribution in [-0.4, -0.2) is 90.5 Å². The van der Waals surface area contributed by atoms with E-state index in [0.717, 1.165) is 12.2 Å². The molecule has 50 heavy (non-hydrogen) atoms. The standard InChI is InChI=1S/C33H46F4N6O6Si/c1-41(2)28(44)12-8-7-10-25(40-32(47)48-3)30(45)39-26-11-9-15-42(31(26)46)20-22-18-27-29(43(22)21-49-16-17-50(4,5)6)23(24(34)19-38-27)13-14-33(35,36)37/h8-9,11-12,15,18-19,25,32,40,47H,7,10,13-14,16-17,20-21H2,1-6H3,(H,39,45)/b12-8+/t25-,32?/m0/s1. The highest BCUT2D eigenvalue weighted by Gasteiger charge is 2.29. The van der Waals surface area contributed by atoms with E-state index in [0.29, 0.717) is 12.3 Å². The SMILES string of the molecule is COC(O)N[C@@H](CC/C=C/C(=O)N(C)C)C(=O)Nc1cccn(Cc2cc3ncc(F)c(CCC(F)(F)F)c3n2COCC[Si](C)(C)C)c1=O. The first-order chi connectivity index (χ1) is 23.4. The second-order valence-electron chi connectivity index (χ2n) is 13.2. The number of aryl methyl sites for hydroxylation is 1. The van der Waals surface area contributed by atoms with Crippen LogP contribution in [0.1, 0.15) is 30.5 Å². The maximum absolute atomic E-state index is 15.0. The topological polar surface area (TPSA) is 140 Å². The number of anilines is 1. The lowest BCUT2D eigenvalue weighted by Crippen LogP contribution is -2.47. The fourth-order valence-electron chi connectivity index (χ4n) is 4.91. The molecule has 0 saturated heterocycles. The molecule has 0 radical (unpaired) electrons. The van der Waals surface area contributed by atoms with Gasteiger partial charge in [-0.15, -0.1) is 0 Å². The van der Waals surface area contributed by atoms with Gasteiger partial charge in [0.2, 0.25) is 18.2 Å². The van der Waals surface area contributed by atoms with Crippen LogP contribution in [0.4, 0.5) is 23.2 Å². The van der Waals surface area contributed by atoms with E-state index in [1.807, 2.05) is 0 Å². The number of methoxy groups -OCH3 is 1. The number of alkyl halides is 3. The predicted molar refractivity (Wildman–Crippen MR) is 184 cm³/mol. The summed E-state index contributed by atoms with van der Waals surface area (Å²) in [6.07, 6.45) is -2.11. The van der Waals surface area contributed by atoms with Crippen LogP contribution in [0.3, 0.4) is 0 Å². The Hall–Kier alpha value is -3.90. The molecule has 0 spiro atoms. The zero-order valence-corrected chi connectivity index (χ0v) is 30.1. The highest BCUT2D eigenvalue weighted by molar-refractivity contribution is 6.76. The number of pyridine rings is 2. The third kappa shape index (κ3) is 12.2. The molecule has 3 rings (SSSR count). The summed E-state index contributed by atoms with van der Waals surface area (Å²) in [6.45, 7) is 6.68. The fourth-order valence-corrected chi connectivity index (χ4v) is 5.67. The Kier molecular flexibility index (Phi) is 14.5. The number of hydrogen-bond acceptors (Lipinski definition) is 8. The molecule has 3 heterocycles. The number of carbonyl (C=O) groups excluding carboxylic acids is 2. The minimum atomic E-state index is -4.51. The Morgan fingerprint density at radius 3 is 2.58 bits per heavy atom. The molecule has 3 N–H and O–H groups in total. The van der Waals surface area contributed by atoms with Crippen molar-refractivity contribution < 1.29 is 41.7 Å². The van der Waals surface area contributed by atoms with E-state index in [4.69, 9.17) is 9.47 Å². The molecule has 0 aliphatic heterocycles. The van der Waals surface area contributed by atoms with Crippen LogP contribution in [0, 0.1) is 5.82 Å². The smallest absolute Gasteiger partial charge is 0.361 e. The Morgan fingerprint density at radius 2 is 1.94 bits per heavy atom. The first-order valence-corrected chi connectivity index (χ1v) is 19.8. The number of aliphatic hydroxyl groups excluding tert-OH is 1. The second-order valence-corrected chi connectivity index (χ2v) is 18.8. The lowest BCUT2D eigenvalue weighted by molar-refractivity contribution is -0.134. The van der Waals surface area contributed by atoms with Gasteiger partial charge in [-0.1, -0.05) is 25.7 Å². The number of likely N-dealkylation sites (N-methyl/N-ethyl adjacent to an activating group) is 1. The molecule has 2 atom stereocenters. The summed E-state index contributed by atoms with van der Waals surface area (Å²) in [5.74, 6) is -1.77. The summed E-state index contributed by atoms with van der Waals surface area (Å²) >= 11 is 0. The molecule has 276 valence electrons. The number of hydrogen-bond donors (Lipinski definition) is 3. The van der Waals surface area contributed by atoms with Crippen LogP contribution in [0.25, 0.3) is 11.0 Å². The molecule has 3 aromatic heterocycles. The van der Waals surface area contributed by atoms with Crippen molar-refractivity contribution in [1.82, 2.24) is 24.3 Å². The van der Waals surface area contributed by atoms with Crippen LogP contribution in [0.15, 0.2) is 47.5 Å². The Balaban J connectivity index is 1.93. The van der Waals surface area contributed by atoms with E-state index >= 15 is 4.39 Å². The summed E-state index contributed by atoms with van der Waals surface area (Å²) in [4.78, 5) is 44.2. The normalized spacial score (nSPS) is 13.6. The number of aliphatic hydroxyl groups is 1. The summed E-state index contributed by atoms with van der Waals surface area (Å²) in [5.41, 5.74) is -0.0152. The molecule has 1 unspecified atom stereocenters. The van der Waals surface area contributed by atoms with Crippen molar-refractivity contribution in [3.63, 3.8) is 0 Å². The quantitative estimate of drug-likeness (QED) is 0.0576. The van der Waals surface area contributed by atoms with Gasteiger partial charge in [-0.25, -0.2) is 4.39 Å². The maximum Gasteiger partial charge on any atom is 0.389 e. The van der Waals surface area contributed by atoms with Gasteiger partial charge in [0.1, 0.15) is 18.2 Å². The van der Waals surface area contributed by atoms with Crippen LogP contribution in [0.5, 0.6) is 0 Å². The fraction of sp³-hybridized carbons (Fsp3) is 0.515. The van der Waals surface area contributed by atoms with Gasteiger partial charge in [-0.3, -0.25) is 24.7 Å². The zero-order chi connectivity index (χ0) is 37.2. The van der Waals surface area contributed by atoms with Crippen molar-refractivity contribution >= 4 is 36.6 Å². The average Bonchev–Trinajstić information content (AvgIpc) is 3.37. The minimum Gasteiger partial charge on any atom is -0.361 e. The number of fused-ring (bicyclic) bond motifs is 1. The maximum atomic E-state index is 15.0. The number of nitrogens with zero attached hydrogens (tertiary/aromatic N) is 4. The first-order valence-electron chi connectivity index (χ1n) is 16.0. The van der Waals surface area contributed by atoms with Crippen molar-refractivity contribution in [2.75, 3.05) is 33.1 Å². The van der Waals surface area contributed by atoms with Gasteiger partial charge in [0, 0.05) is 59.8 Å². The molecular weight excluding hydrogens is 680 g/mol. The third-order valence-electron chi connectivity index (χ3n) is 7.75. The lowest BCUT2D eigenvalue weighted by atomic mass is 10.1. The molecule has 0 bridgehead atoms. The predicted octanol–water partition coefficient (Wildman–Crippen LogP) is 4.44. The van der Waals surface area contributed by atoms with Gasteiger partial charge >= 0.3 is 6.18 Å². The molecule has 17 heteroatoms. The summed E-state index contributed by atoms with van der Waals surface area (Å²) < 4.78 is 68.2. The van der Waals surface area contributed by atoms with Gasteiger partial charge in [-0.2, -0.15) is 13.2 Å². The summed E-state index contributed by atoms with van der Waals surface area (Å²) in [5, 5.41) is 15.2. The molecule has 3 aromatic rings. The Bertz CT molecular complexity index is 1700. The van der Waals surface area contributed by atoms with Gasteiger partial charge < -0.3 is 33.9 Å². The number of carbonyl (C=O) groups is 2. The van der Waals surface area contributed by atoms with Gasteiger partial charge in [0.05, 0.1) is 29.8 Å². The van der Waals surface area contributed by atoms with E-state index in [-0.39, 0.29) is 54.3 Å². The zero-order valence-electron chi connectivity index (χ0n) is 29.1. The molecule has 0 saturated carbocycles. The van der Waals surface area contributed by atoms with E-state index < -0.39 is 56.8 Å². The monoisotopic (exact) mass is 726 g/mol. The number of aromatic nitrogens is 3. The molecule has 0 aromatic carbocycles. The van der Waals surface area contributed by atoms with Gasteiger partial charge in [0.15, 0.2) is 0 Å². The van der Waals surface area contributed by atoms with Gasteiger partial charge in [0.25, 0.3) is 5.56 Å². The molecular formula is C33H46F4N6O6Si. The Morgan fingerprint density at radius 1 is 1.22 bits per heavy atom. The number of ether oxygens (including phenoxy) is 2. The van der Waals surface area contributed by atoms with Crippen LogP contribution >= 0.6 is 0 Å². The number of allylic oxidation sites excluding steroid dienone is 1. The van der Waals surface area contributed by atoms with Crippen molar-refractivity contribution in [3.05, 3.63) is 70.2 Å². The van der Waals surface area contributed by atoms with Crippen molar-refractivity contribution in [2.24, 2.45) is 0 Å². The molecule has 12 nitrogen and oxygen atoms in total. The highest BCUT2D eigenvalue weighted by Crippen LogP contribution is 2.29. The number of rotatable bonds is 18. The second kappa shape index (κ2) is 17.8. The number of amides is 2. The van der Waals surface area contributed by atoms with E-state index in [1.54, 1.807) is 30.8 Å². The third-order valence-corrected chi connectivity index (χ3v) is 9.45. The molecule has 0 aliphatic carbocycles. The first kappa shape index (κ1) is 40.5. The highest BCUT2D eigenvalue weighted by atomic mass is 28.3. The minimum absolute atomic E-state index is 0.0846. The van der Waals surface area contributed by atoms with E-state index in [1.165, 1.54) is 41.0 Å². The van der Waals surface area contributed by atoms with E-state index in [9.17, 15) is 32.7 Å². The van der Waals surface area contributed by atoms with Crippen LogP contribution in [-0.2, 0) is 38.8 Å². The average molecular weight is 727 g/mol. The van der Waals surface area contributed by atoms with Crippen molar-refractivity contribution in [1.29, 1.82) is 0 Å².